The Labute approximate surface area is 162 Å². The number of fused-ring (bicyclic) bond motifs is 1. The Morgan fingerprint density at radius 1 is 1.23 bits per heavy atom. The van der Waals surface area contributed by atoms with Crippen molar-refractivity contribution in [2.24, 2.45) is 0 Å². The van der Waals surface area contributed by atoms with Crippen LogP contribution in [0.4, 0.5) is 5.69 Å². The Balaban J connectivity index is 1.44. The highest BCUT2D eigenvalue weighted by molar-refractivity contribution is 9.10. The summed E-state index contributed by atoms with van der Waals surface area (Å²) in [5, 5.41) is 4.76. The van der Waals surface area contributed by atoms with Gasteiger partial charge in [-0.05, 0) is 51.6 Å². The third kappa shape index (κ3) is 3.63. The highest BCUT2D eigenvalue weighted by Gasteiger charge is 2.12. The Hall–Kier alpha value is -2.64. The van der Waals surface area contributed by atoms with Gasteiger partial charge in [-0.3, -0.25) is 4.79 Å². The zero-order valence-corrected chi connectivity index (χ0v) is 16.0. The van der Waals surface area contributed by atoms with E-state index >= 15 is 0 Å². The van der Waals surface area contributed by atoms with E-state index in [2.05, 4.69) is 26.2 Å². The number of hydrogen-bond acceptors (Lipinski definition) is 4. The molecule has 0 bridgehead atoms. The van der Waals surface area contributed by atoms with Crippen LogP contribution in [0.15, 0.2) is 70.8 Å². The van der Waals surface area contributed by atoms with Crippen LogP contribution in [0.25, 0.3) is 5.65 Å². The average molecular weight is 428 g/mol. The molecule has 0 aliphatic heterocycles. The molecule has 1 N–H and O–H groups in total. The zero-order chi connectivity index (χ0) is 17.9. The molecule has 3 aromatic heterocycles. The van der Waals surface area contributed by atoms with Crippen molar-refractivity contribution >= 4 is 44.5 Å². The van der Waals surface area contributed by atoms with E-state index in [1.54, 1.807) is 6.07 Å². The molecule has 0 aliphatic carbocycles. The maximum atomic E-state index is 12.3. The normalized spacial score (nSPS) is 10.8. The molecule has 3 heterocycles. The van der Waals surface area contributed by atoms with Crippen LogP contribution in [0.2, 0.25) is 0 Å². The van der Waals surface area contributed by atoms with E-state index < -0.39 is 0 Å². The summed E-state index contributed by atoms with van der Waals surface area (Å²) in [6.45, 7) is 0.357. The van der Waals surface area contributed by atoms with Crippen molar-refractivity contribution in [3.05, 3.63) is 81.3 Å². The Kier molecular flexibility index (Phi) is 4.73. The molecule has 130 valence electrons. The summed E-state index contributed by atoms with van der Waals surface area (Å²) in [4.78, 5) is 17.4. The molecule has 0 fully saturated rings. The molecule has 4 rings (SSSR count). The molecule has 0 saturated carbocycles. The van der Waals surface area contributed by atoms with Gasteiger partial charge in [-0.25, -0.2) is 4.98 Å². The van der Waals surface area contributed by atoms with Gasteiger partial charge in [-0.2, -0.15) is 0 Å². The summed E-state index contributed by atoms with van der Waals surface area (Å²) < 4.78 is 8.57. The average Bonchev–Trinajstić information content (AvgIpc) is 3.26. The SMILES string of the molecule is O=C(Nc1cccc(OCc2cn3ccccc3n2)c1)c1sccc1Br. The molecule has 1 aromatic carbocycles. The summed E-state index contributed by atoms with van der Waals surface area (Å²) in [5.41, 5.74) is 2.41. The van der Waals surface area contributed by atoms with Gasteiger partial charge in [0.15, 0.2) is 0 Å². The molecule has 1 amide bonds. The van der Waals surface area contributed by atoms with Gasteiger partial charge in [0.05, 0.1) is 5.69 Å². The molecule has 26 heavy (non-hydrogen) atoms. The number of anilines is 1. The number of ether oxygens (including phenoxy) is 1. The number of imidazole rings is 1. The first kappa shape index (κ1) is 16.8. The van der Waals surface area contributed by atoms with Crippen LogP contribution in [0.5, 0.6) is 5.75 Å². The fourth-order valence-electron chi connectivity index (χ4n) is 2.52. The summed E-state index contributed by atoms with van der Waals surface area (Å²) >= 11 is 4.77. The number of thiophene rings is 1. The van der Waals surface area contributed by atoms with Gasteiger partial charge in [0, 0.05) is 28.6 Å². The van der Waals surface area contributed by atoms with Crippen LogP contribution < -0.4 is 10.1 Å². The van der Waals surface area contributed by atoms with Crippen molar-refractivity contribution in [1.29, 1.82) is 0 Å². The fourth-order valence-corrected chi connectivity index (χ4v) is 3.97. The fraction of sp³-hybridized carbons (Fsp3) is 0.0526. The van der Waals surface area contributed by atoms with E-state index in [1.165, 1.54) is 11.3 Å². The minimum Gasteiger partial charge on any atom is -0.487 e. The second-order valence-corrected chi connectivity index (χ2v) is 7.34. The number of nitrogens with zero attached hydrogens (tertiary/aromatic N) is 2. The highest BCUT2D eigenvalue weighted by Crippen LogP contribution is 2.25. The number of carbonyl (C=O) groups is 1. The van der Waals surface area contributed by atoms with E-state index in [-0.39, 0.29) is 5.91 Å². The predicted octanol–water partition coefficient (Wildman–Crippen LogP) is 4.99. The van der Waals surface area contributed by atoms with Crippen LogP contribution in [-0.2, 0) is 6.61 Å². The third-order valence-corrected chi connectivity index (χ3v) is 5.55. The van der Waals surface area contributed by atoms with Gasteiger partial charge in [0.2, 0.25) is 0 Å². The first-order valence-corrected chi connectivity index (χ1v) is 9.56. The van der Waals surface area contributed by atoms with Gasteiger partial charge in [0.25, 0.3) is 5.91 Å². The topological polar surface area (TPSA) is 55.6 Å². The van der Waals surface area contributed by atoms with Crippen LogP contribution in [0.3, 0.4) is 0 Å². The zero-order valence-electron chi connectivity index (χ0n) is 13.6. The van der Waals surface area contributed by atoms with Crippen LogP contribution in [-0.4, -0.2) is 15.3 Å². The number of benzene rings is 1. The molecular formula is C19H14BrN3O2S. The molecule has 4 aromatic rings. The molecule has 5 nitrogen and oxygen atoms in total. The van der Waals surface area contributed by atoms with Crippen molar-refractivity contribution in [2.75, 3.05) is 5.32 Å². The van der Waals surface area contributed by atoms with Crippen LogP contribution >= 0.6 is 27.3 Å². The number of carbonyl (C=O) groups excluding carboxylic acids is 1. The first-order chi connectivity index (χ1) is 12.7. The van der Waals surface area contributed by atoms with E-state index in [0.29, 0.717) is 22.9 Å². The lowest BCUT2D eigenvalue weighted by atomic mass is 10.3. The summed E-state index contributed by atoms with van der Waals surface area (Å²) in [5.74, 6) is 0.523. The van der Waals surface area contributed by atoms with Crippen molar-refractivity contribution < 1.29 is 9.53 Å². The van der Waals surface area contributed by atoms with E-state index in [4.69, 9.17) is 4.74 Å². The highest BCUT2D eigenvalue weighted by atomic mass is 79.9. The van der Waals surface area contributed by atoms with Crippen LogP contribution in [0, 0.1) is 0 Å². The van der Waals surface area contributed by atoms with Crippen LogP contribution in [0.1, 0.15) is 15.4 Å². The van der Waals surface area contributed by atoms with E-state index in [9.17, 15) is 4.79 Å². The number of rotatable bonds is 5. The van der Waals surface area contributed by atoms with Crippen molar-refractivity contribution in [2.45, 2.75) is 6.61 Å². The lowest BCUT2D eigenvalue weighted by Gasteiger charge is -2.08. The number of aromatic nitrogens is 2. The number of nitrogens with one attached hydrogen (secondary N) is 1. The molecule has 0 radical (unpaired) electrons. The maximum absolute atomic E-state index is 12.3. The quantitative estimate of drug-likeness (QED) is 0.487. The monoisotopic (exact) mass is 427 g/mol. The smallest absolute Gasteiger partial charge is 0.266 e. The van der Waals surface area contributed by atoms with Crippen molar-refractivity contribution in [3.8, 4) is 5.75 Å². The van der Waals surface area contributed by atoms with E-state index in [0.717, 1.165) is 15.8 Å². The van der Waals surface area contributed by atoms with Gasteiger partial charge < -0.3 is 14.5 Å². The number of halogens is 1. The molecule has 0 unspecified atom stereocenters. The second-order valence-electron chi connectivity index (χ2n) is 5.57. The van der Waals surface area contributed by atoms with Crippen molar-refractivity contribution in [3.63, 3.8) is 0 Å². The summed E-state index contributed by atoms with van der Waals surface area (Å²) in [6, 6.07) is 15.0. The number of amides is 1. The molecule has 0 saturated heterocycles. The summed E-state index contributed by atoms with van der Waals surface area (Å²) in [6.07, 6.45) is 3.89. The maximum Gasteiger partial charge on any atom is 0.266 e. The number of hydrogen-bond donors (Lipinski definition) is 1. The molecule has 0 atom stereocenters. The minimum atomic E-state index is -0.149. The molecular weight excluding hydrogens is 414 g/mol. The Morgan fingerprint density at radius 3 is 2.96 bits per heavy atom. The third-order valence-electron chi connectivity index (χ3n) is 3.72. The Morgan fingerprint density at radius 2 is 2.15 bits per heavy atom. The predicted molar refractivity (Wildman–Crippen MR) is 106 cm³/mol. The standard InChI is InChI=1S/C19H14BrN3O2S/c20-16-7-9-26-18(16)19(24)22-13-4-3-5-15(10-13)25-12-14-11-23-8-2-1-6-17(23)21-14/h1-11H,12H2,(H,22,24). The lowest BCUT2D eigenvalue weighted by Crippen LogP contribution is -2.10. The minimum absolute atomic E-state index is 0.149. The van der Waals surface area contributed by atoms with Gasteiger partial charge in [0.1, 0.15) is 22.9 Å². The largest absolute Gasteiger partial charge is 0.487 e. The van der Waals surface area contributed by atoms with Gasteiger partial charge in [-0.15, -0.1) is 11.3 Å². The second kappa shape index (κ2) is 7.31. The van der Waals surface area contributed by atoms with E-state index in [1.807, 2.05) is 64.6 Å². The lowest BCUT2D eigenvalue weighted by molar-refractivity contribution is 0.103. The number of pyridine rings is 1. The Bertz CT molecular complexity index is 1040. The molecule has 0 spiro atoms. The first-order valence-electron chi connectivity index (χ1n) is 7.89. The molecule has 7 heteroatoms. The summed E-state index contributed by atoms with van der Waals surface area (Å²) in [7, 11) is 0. The van der Waals surface area contributed by atoms with Gasteiger partial charge >= 0.3 is 0 Å². The molecule has 0 aliphatic rings. The van der Waals surface area contributed by atoms with Gasteiger partial charge in [-0.1, -0.05) is 12.1 Å². The van der Waals surface area contributed by atoms with Crippen molar-refractivity contribution in [1.82, 2.24) is 9.38 Å².